The fraction of sp³-hybridized carbons (Fsp3) is 0.750. The number of carbonyl (C=O) groups is 2. The van der Waals surface area contributed by atoms with Crippen LogP contribution < -0.4 is 0 Å². The predicted octanol–water partition coefficient (Wildman–Crippen LogP) is 1.34. The molecule has 1 aliphatic carbocycles. The molecule has 1 fully saturated rings. The van der Waals surface area contributed by atoms with Crippen molar-refractivity contribution in [1.29, 1.82) is 0 Å². The van der Waals surface area contributed by atoms with Crippen LogP contribution in [0.2, 0.25) is 0 Å². The average molecular weight is 191 g/mol. The van der Waals surface area contributed by atoms with Crippen LogP contribution in [-0.2, 0) is 14.3 Å². The Labute approximate surface area is 76.0 Å². The van der Waals surface area contributed by atoms with E-state index in [1.165, 1.54) is 7.11 Å². The Balaban J connectivity index is 2.45. The van der Waals surface area contributed by atoms with Crippen LogP contribution in [0, 0.1) is 11.8 Å². The zero-order valence-corrected chi connectivity index (χ0v) is 7.63. The highest BCUT2D eigenvalue weighted by Crippen LogP contribution is 2.32. The molecule has 0 bridgehead atoms. The summed E-state index contributed by atoms with van der Waals surface area (Å²) in [6.45, 7) is 0. The Kier molecular flexibility index (Phi) is 3.09. The molecule has 1 rings (SSSR count). The van der Waals surface area contributed by atoms with Crippen molar-refractivity contribution in [2.45, 2.75) is 19.3 Å². The van der Waals surface area contributed by atoms with Crippen LogP contribution in [0.15, 0.2) is 0 Å². The molecule has 68 valence electrons. The normalized spacial score (nSPS) is 28.5. The minimum absolute atomic E-state index is 0.123. The summed E-state index contributed by atoms with van der Waals surface area (Å²) in [5.41, 5.74) is 0. The Morgan fingerprint density at radius 3 is 2.33 bits per heavy atom. The third kappa shape index (κ3) is 1.97. The number of ether oxygens (including phenoxy) is 1. The van der Waals surface area contributed by atoms with E-state index < -0.39 is 0 Å². The van der Waals surface area contributed by atoms with E-state index in [1.54, 1.807) is 0 Å². The van der Waals surface area contributed by atoms with Crippen molar-refractivity contribution in [1.82, 2.24) is 0 Å². The predicted molar refractivity (Wildman–Crippen MR) is 43.7 cm³/mol. The van der Waals surface area contributed by atoms with Crippen molar-refractivity contribution >= 4 is 22.8 Å². The van der Waals surface area contributed by atoms with E-state index in [0.717, 1.165) is 6.42 Å². The van der Waals surface area contributed by atoms with Crippen molar-refractivity contribution in [2.75, 3.05) is 7.11 Å². The lowest BCUT2D eigenvalue weighted by Crippen LogP contribution is -2.13. The first-order valence-electron chi connectivity index (χ1n) is 3.92. The molecule has 0 aromatic carbocycles. The minimum Gasteiger partial charge on any atom is -0.469 e. The molecule has 4 heteroatoms. The second-order valence-electron chi connectivity index (χ2n) is 3.03. The highest BCUT2D eigenvalue weighted by molar-refractivity contribution is 6.64. The summed E-state index contributed by atoms with van der Waals surface area (Å²) in [4.78, 5) is 21.7. The SMILES string of the molecule is COC(=O)[C@@H]1CC[C@H](C(=O)Cl)C1. The van der Waals surface area contributed by atoms with E-state index in [9.17, 15) is 9.59 Å². The molecule has 0 amide bonds. The molecule has 0 spiro atoms. The van der Waals surface area contributed by atoms with Gasteiger partial charge in [-0.2, -0.15) is 0 Å². The minimum atomic E-state index is -0.332. The molecule has 3 nitrogen and oxygen atoms in total. The van der Waals surface area contributed by atoms with Crippen molar-refractivity contribution in [2.24, 2.45) is 11.8 Å². The number of methoxy groups -OCH3 is 1. The first-order valence-corrected chi connectivity index (χ1v) is 4.30. The lowest BCUT2D eigenvalue weighted by atomic mass is 10.1. The molecule has 12 heavy (non-hydrogen) atoms. The van der Waals surface area contributed by atoms with Gasteiger partial charge in [0.25, 0.3) is 0 Å². The van der Waals surface area contributed by atoms with Crippen LogP contribution in [0.5, 0.6) is 0 Å². The molecule has 0 unspecified atom stereocenters. The molecule has 0 saturated heterocycles. The molecular formula is C8H11ClO3. The molecule has 1 aliphatic rings. The van der Waals surface area contributed by atoms with Gasteiger partial charge < -0.3 is 4.74 Å². The quantitative estimate of drug-likeness (QED) is 0.488. The summed E-state index contributed by atoms with van der Waals surface area (Å²) >= 11 is 5.31. The Hall–Kier alpha value is -0.570. The average Bonchev–Trinajstić information content (AvgIpc) is 2.51. The smallest absolute Gasteiger partial charge is 0.308 e. The molecule has 0 N–H and O–H groups in total. The van der Waals surface area contributed by atoms with Gasteiger partial charge in [0, 0.05) is 5.92 Å². The summed E-state index contributed by atoms with van der Waals surface area (Å²) in [7, 11) is 1.36. The fourth-order valence-electron chi connectivity index (χ4n) is 1.57. The number of rotatable bonds is 2. The second-order valence-corrected chi connectivity index (χ2v) is 3.41. The van der Waals surface area contributed by atoms with E-state index in [2.05, 4.69) is 4.74 Å². The molecule has 0 aromatic rings. The Bertz CT molecular complexity index is 202. The van der Waals surface area contributed by atoms with Crippen LogP contribution in [-0.4, -0.2) is 18.3 Å². The molecule has 0 heterocycles. The van der Waals surface area contributed by atoms with Gasteiger partial charge in [-0.25, -0.2) is 0 Å². The van der Waals surface area contributed by atoms with Gasteiger partial charge in [0.15, 0.2) is 0 Å². The summed E-state index contributed by atoms with van der Waals surface area (Å²) in [5, 5.41) is -0.332. The van der Waals surface area contributed by atoms with Gasteiger partial charge in [-0.15, -0.1) is 0 Å². The zero-order valence-electron chi connectivity index (χ0n) is 6.88. The van der Waals surface area contributed by atoms with Gasteiger partial charge in [0.05, 0.1) is 13.0 Å². The van der Waals surface area contributed by atoms with Gasteiger partial charge in [0.1, 0.15) is 0 Å². The Morgan fingerprint density at radius 1 is 1.33 bits per heavy atom. The number of halogens is 1. The molecule has 0 aromatic heterocycles. The summed E-state index contributed by atoms with van der Waals surface area (Å²) in [5.74, 6) is -0.492. The first kappa shape index (κ1) is 9.52. The highest BCUT2D eigenvalue weighted by Gasteiger charge is 2.33. The van der Waals surface area contributed by atoms with Crippen LogP contribution in [0.3, 0.4) is 0 Å². The molecular weight excluding hydrogens is 180 g/mol. The highest BCUT2D eigenvalue weighted by atomic mass is 35.5. The maximum atomic E-state index is 11.0. The van der Waals surface area contributed by atoms with Crippen LogP contribution in [0.4, 0.5) is 0 Å². The molecule has 0 radical (unpaired) electrons. The van der Waals surface area contributed by atoms with E-state index in [4.69, 9.17) is 11.6 Å². The van der Waals surface area contributed by atoms with Crippen LogP contribution in [0.25, 0.3) is 0 Å². The van der Waals surface area contributed by atoms with Gasteiger partial charge in [-0.05, 0) is 30.9 Å². The molecule has 1 saturated carbocycles. The van der Waals surface area contributed by atoms with E-state index in [0.29, 0.717) is 12.8 Å². The van der Waals surface area contributed by atoms with Crippen LogP contribution in [0.1, 0.15) is 19.3 Å². The third-order valence-corrected chi connectivity index (χ3v) is 2.60. The van der Waals surface area contributed by atoms with Crippen LogP contribution >= 0.6 is 11.6 Å². The van der Waals surface area contributed by atoms with Crippen molar-refractivity contribution in [3.8, 4) is 0 Å². The third-order valence-electron chi connectivity index (χ3n) is 2.29. The lowest BCUT2D eigenvalue weighted by molar-refractivity contribution is -0.145. The number of hydrogen-bond donors (Lipinski definition) is 0. The maximum absolute atomic E-state index is 11.0. The van der Waals surface area contributed by atoms with Gasteiger partial charge in [-0.1, -0.05) is 0 Å². The summed E-state index contributed by atoms with van der Waals surface area (Å²) in [6.07, 6.45) is 1.98. The van der Waals surface area contributed by atoms with Gasteiger partial charge >= 0.3 is 5.97 Å². The zero-order chi connectivity index (χ0) is 9.14. The largest absolute Gasteiger partial charge is 0.469 e. The van der Waals surface area contributed by atoms with Gasteiger partial charge in [0.2, 0.25) is 5.24 Å². The molecule has 0 aliphatic heterocycles. The van der Waals surface area contributed by atoms with E-state index >= 15 is 0 Å². The second kappa shape index (κ2) is 3.90. The topological polar surface area (TPSA) is 43.4 Å². The van der Waals surface area contributed by atoms with Crippen molar-refractivity contribution < 1.29 is 14.3 Å². The number of hydrogen-bond acceptors (Lipinski definition) is 3. The van der Waals surface area contributed by atoms with Crippen molar-refractivity contribution in [3.05, 3.63) is 0 Å². The lowest BCUT2D eigenvalue weighted by Gasteiger charge is -2.05. The van der Waals surface area contributed by atoms with Crippen molar-refractivity contribution in [3.63, 3.8) is 0 Å². The monoisotopic (exact) mass is 190 g/mol. The van der Waals surface area contributed by atoms with E-state index in [-0.39, 0.29) is 23.0 Å². The number of esters is 1. The number of carbonyl (C=O) groups excluding carboxylic acids is 2. The van der Waals surface area contributed by atoms with E-state index in [1.807, 2.05) is 0 Å². The summed E-state index contributed by atoms with van der Waals surface area (Å²) in [6, 6.07) is 0. The fourth-order valence-corrected chi connectivity index (χ4v) is 1.77. The standard InChI is InChI=1S/C8H11ClO3/c1-12-8(11)6-3-2-5(4-6)7(9)10/h5-6H,2-4H2,1H3/t5-,6+/m0/s1. The molecule has 2 atom stereocenters. The summed E-state index contributed by atoms with van der Waals surface area (Å²) < 4.78 is 4.57. The Morgan fingerprint density at radius 2 is 1.92 bits per heavy atom. The maximum Gasteiger partial charge on any atom is 0.308 e. The first-order chi connectivity index (χ1) is 5.65. The van der Waals surface area contributed by atoms with Gasteiger partial charge in [-0.3, -0.25) is 9.59 Å².